The number of carbonyl (C=O) groups excluding carboxylic acids is 1. The van der Waals surface area contributed by atoms with Crippen molar-refractivity contribution in [3.63, 3.8) is 0 Å². The van der Waals surface area contributed by atoms with Crippen molar-refractivity contribution in [3.05, 3.63) is 107 Å². The fourth-order valence-corrected chi connectivity index (χ4v) is 2.65. The molecule has 0 aromatic heterocycles. The first-order valence-electron chi connectivity index (χ1n) is 8.74. The van der Waals surface area contributed by atoms with Gasteiger partial charge in [0, 0.05) is 10.0 Å². The fraction of sp³-hybridized carbons (Fsp3) is 0.0435. The first-order chi connectivity index (χ1) is 13.7. The largest absolute Gasteiger partial charge is 0.484 e. The normalized spacial score (nSPS) is 11.4. The summed E-state index contributed by atoms with van der Waals surface area (Å²) in [6.45, 7) is -0.115. The lowest BCUT2D eigenvalue weighted by Gasteiger charge is -2.06. The number of nitrogens with zero attached hydrogens (tertiary/aromatic N) is 1. The van der Waals surface area contributed by atoms with Gasteiger partial charge in [0.1, 0.15) is 5.75 Å². The van der Waals surface area contributed by atoms with Gasteiger partial charge in [-0.2, -0.15) is 5.10 Å². The molecule has 3 aromatic rings. The van der Waals surface area contributed by atoms with E-state index in [0.29, 0.717) is 11.5 Å². The lowest BCUT2D eigenvalue weighted by Crippen LogP contribution is -2.25. The molecule has 140 valence electrons. The molecule has 0 saturated heterocycles. The third kappa shape index (κ3) is 6.21. The molecule has 0 radical (unpaired) electrons. The highest BCUT2D eigenvalue weighted by Crippen LogP contribution is 2.15. The lowest BCUT2D eigenvalue weighted by molar-refractivity contribution is -0.123. The van der Waals surface area contributed by atoms with Crippen LogP contribution in [0.15, 0.2) is 101 Å². The van der Waals surface area contributed by atoms with Gasteiger partial charge in [-0.15, -0.1) is 0 Å². The first-order valence-corrected chi connectivity index (χ1v) is 9.53. The van der Waals surface area contributed by atoms with Gasteiger partial charge in [-0.05, 0) is 35.9 Å². The van der Waals surface area contributed by atoms with E-state index in [4.69, 9.17) is 4.74 Å². The van der Waals surface area contributed by atoms with E-state index in [2.05, 4.69) is 26.5 Å². The van der Waals surface area contributed by atoms with E-state index in [-0.39, 0.29) is 12.5 Å². The average Bonchev–Trinajstić information content (AvgIpc) is 2.75. The molecule has 5 heteroatoms. The molecule has 0 bridgehead atoms. The minimum atomic E-state index is -0.329. The number of amides is 1. The topological polar surface area (TPSA) is 50.7 Å². The number of halogens is 1. The summed E-state index contributed by atoms with van der Waals surface area (Å²) in [5, 5.41) is 4.28. The van der Waals surface area contributed by atoms with Gasteiger partial charge in [-0.1, -0.05) is 82.7 Å². The Morgan fingerprint density at radius 2 is 1.57 bits per heavy atom. The highest BCUT2D eigenvalue weighted by atomic mass is 79.9. The Hall–Kier alpha value is -3.18. The van der Waals surface area contributed by atoms with E-state index in [1.54, 1.807) is 12.1 Å². The number of rotatable bonds is 7. The van der Waals surface area contributed by atoms with Gasteiger partial charge in [0.25, 0.3) is 5.91 Å². The summed E-state index contributed by atoms with van der Waals surface area (Å²) < 4.78 is 6.42. The van der Waals surface area contributed by atoms with Crippen molar-refractivity contribution in [2.75, 3.05) is 6.61 Å². The molecule has 3 aromatic carbocycles. The molecule has 1 amide bonds. The Labute approximate surface area is 172 Å². The second-order valence-electron chi connectivity index (χ2n) is 5.88. The Bertz CT molecular complexity index is 953. The van der Waals surface area contributed by atoms with Gasteiger partial charge in [0.2, 0.25) is 0 Å². The molecule has 0 fully saturated rings. The molecule has 3 rings (SSSR count). The highest BCUT2D eigenvalue weighted by Gasteiger charge is 2.04. The molecule has 4 nitrogen and oxygen atoms in total. The Morgan fingerprint density at radius 1 is 0.929 bits per heavy atom. The zero-order valence-electron chi connectivity index (χ0n) is 15.1. The van der Waals surface area contributed by atoms with Crippen LogP contribution in [-0.2, 0) is 4.79 Å². The predicted molar refractivity (Wildman–Crippen MR) is 116 cm³/mol. The molecule has 0 saturated carbocycles. The van der Waals surface area contributed by atoms with Crippen molar-refractivity contribution in [2.24, 2.45) is 5.10 Å². The van der Waals surface area contributed by atoms with Crippen molar-refractivity contribution < 1.29 is 9.53 Å². The molecular weight excluding hydrogens is 416 g/mol. The summed E-state index contributed by atoms with van der Waals surface area (Å²) in [6, 6.07) is 26.9. The smallest absolute Gasteiger partial charge is 0.277 e. The minimum Gasteiger partial charge on any atom is -0.484 e. The van der Waals surface area contributed by atoms with Gasteiger partial charge < -0.3 is 4.74 Å². The van der Waals surface area contributed by atoms with Crippen molar-refractivity contribution in [1.29, 1.82) is 0 Å². The highest BCUT2D eigenvalue weighted by molar-refractivity contribution is 9.10. The van der Waals surface area contributed by atoms with Gasteiger partial charge in [-0.3, -0.25) is 4.79 Å². The maximum atomic E-state index is 12.1. The second kappa shape index (κ2) is 10.2. The number of hydrazone groups is 1. The van der Waals surface area contributed by atoms with Gasteiger partial charge in [-0.25, -0.2) is 5.43 Å². The van der Waals surface area contributed by atoms with Crippen molar-refractivity contribution in [2.45, 2.75) is 0 Å². The number of benzene rings is 3. The summed E-state index contributed by atoms with van der Waals surface area (Å²) >= 11 is 3.36. The van der Waals surface area contributed by atoms with Crippen LogP contribution in [0.25, 0.3) is 6.08 Å². The Morgan fingerprint density at radius 3 is 2.25 bits per heavy atom. The van der Waals surface area contributed by atoms with Crippen LogP contribution in [0.2, 0.25) is 0 Å². The fourth-order valence-electron chi connectivity index (χ4n) is 2.38. The molecule has 0 aliphatic heterocycles. The molecular formula is C23H19BrN2O2. The quantitative estimate of drug-likeness (QED) is 0.417. The number of hydrogen-bond donors (Lipinski definition) is 1. The predicted octanol–water partition coefficient (Wildman–Crippen LogP) is 5.06. The molecule has 1 N–H and O–H groups in total. The van der Waals surface area contributed by atoms with E-state index in [0.717, 1.165) is 15.6 Å². The summed E-state index contributed by atoms with van der Waals surface area (Å²) in [5.74, 6) is 0.291. The van der Waals surface area contributed by atoms with E-state index in [9.17, 15) is 4.79 Å². The average molecular weight is 435 g/mol. The van der Waals surface area contributed by atoms with E-state index in [1.807, 2.05) is 84.9 Å². The SMILES string of the molecule is O=C(COc1ccc(Br)cc1)NN=C(/C=C/c1ccccc1)c1ccccc1. The van der Waals surface area contributed by atoms with Crippen LogP contribution in [0.5, 0.6) is 5.75 Å². The molecule has 0 atom stereocenters. The summed E-state index contributed by atoms with van der Waals surface area (Å²) in [7, 11) is 0. The monoisotopic (exact) mass is 434 g/mol. The van der Waals surface area contributed by atoms with Crippen LogP contribution < -0.4 is 10.2 Å². The Balaban J connectivity index is 1.67. The second-order valence-corrected chi connectivity index (χ2v) is 6.80. The maximum absolute atomic E-state index is 12.1. The first kappa shape index (κ1) is 19.6. The van der Waals surface area contributed by atoms with Gasteiger partial charge >= 0.3 is 0 Å². The number of carbonyl (C=O) groups is 1. The van der Waals surface area contributed by atoms with Crippen LogP contribution in [-0.4, -0.2) is 18.2 Å². The maximum Gasteiger partial charge on any atom is 0.277 e. The molecule has 0 aliphatic rings. The van der Waals surface area contributed by atoms with Gasteiger partial charge in [0.15, 0.2) is 6.61 Å². The molecule has 0 aliphatic carbocycles. The lowest BCUT2D eigenvalue weighted by atomic mass is 10.1. The number of hydrogen-bond acceptors (Lipinski definition) is 3. The molecule has 0 heterocycles. The van der Waals surface area contributed by atoms with Crippen LogP contribution in [0, 0.1) is 0 Å². The standard InChI is InChI=1S/C23H19BrN2O2/c24-20-12-14-21(15-13-20)28-17-23(27)26-25-22(19-9-5-2-6-10-19)16-11-18-7-3-1-4-8-18/h1-16H,17H2,(H,26,27)/b16-11+,25-22?. The van der Waals surface area contributed by atoms with E-state index < -0.39 is 0 Å². The summed E-state index contributed by atoms with van der Waals surface area (Å²) in [5.41, 5.74) is 5.17. The van der Waals surface area contributed by atoms with Crippen LogP contribution in [0.3, 0.4) is 0 Å². The zero-order valence-corrected chi connectivity index (χ0v) is 16.7. The number of allylic oxidation sites excluding steroid dienone is 1. The molecule has 0 spiro atoms. The number of nitrogens with one attached hydrogen (secondary N) is 1. The molecule has 0 unspecified atom stereocenters. The number of ether oxygens (including phenoxy) is 1. The van der Waals surface area contributed by atoms with E-state index >= 15 is 0 Å². The zero-order chi connectivity index (χ0) is 19.6. The van der Waals surface area contributed by atoms with Crippen molar-refractivity contribution >= 4 is 33.6 Å². The summed E-state index contributed by atoms with van der Waals surface area (Å²) in [4.78, 5) is 12.1. The third-order valence-corrected chi connectivity index (χ3v) is 4.32. The molecule has 28 heavy (non-hydrogen) atoms. The summed E-state index contributed by atoms with van der Waals surface area (Å²) in [6.07, 6.45) is 3.83. The third-order valence-electron chi connectivity index (χ3n) is 3.79. The minimum absolute atomic E-state index is 0.115. The van der Waals surface area contributed by atoms with Gasteiger partial charge in [0.05, 0.1) is 5.71 Å². The van der Waals surface area contributed by atoms with Crippen LogP contribution in [0.4, 0.5) is 0 Å². The Kier molecular flexibility index (Phi) is 7.15. The van der Waals surface area contributed by atoms with Crippen molar-refractivity contribution in [3.8, 4) is 5.75 Å². The van der Waals surface area contributed by atoms with E-state index in [1.165, 1.54) is 0 Å². The van der Waals surface area contributed by atoms with Crippen molar-refractivity contribution in [1.82, 2.24) is 5.43 Å². The van der Waals surface area contributed by atoms with Crippen LogP contribution in [0.1, 0.15) is 11.1 Å². The van der Waals surface area contributed by atoms with Crippen LogP contribution >= 0.6 is 15.9 Å².